The van der Waals surface area contributed by atoms with Crippen LogP contribution in [0.2, 0.25) is 0 Å². The van der Waals surface area contributed by atoms with E-state index in [9.17, 15) is 18.8 Å². The van der Waals surface area contributed by atoms with E-state index in [0.29, 0.717) is 27.2 Å². The minimum atomic E-state index is -0.543. The van der Waals surface area contributed by atoms with Gasteiger partial charge in [-0.1, -0.05) is 0 Å². The number of hydrogen-bond acceptors (Lipinski definition) is 7. The molecule has 2 amide bonds. The molecule has 0 aliphatic rings. The molecule has 2 rings (SSSR count). The summed E-state index contributed by atoms with van der Waals surface area (Å²) >= 11 is 3.33. The van der Waals surface area contributed by atoms with Crippen LogP contribution in [-0.4, -0.2) is 44.8 Å². The van der Waals surface area contributed by atoms with E-state index in [0.717, 1.165) is 0 Å². The molecule has 0 bridgehead atoms. The highest BCUT2D eigenvalue weighted by molar-refractivity contribution is 9.10. The molecule has 2 N–H and O–H groups in total. The maximum absolute atomic E-state index is 12.9. The number of amides is 2. The molecule has 0 unspecified atom stereocenters. The number of anilines is 1. The van der Waals surface area contributed by atoms with Crippen LogP contribution in [0.3, 0.4) is 0 Å². The number of nitrogens with zero attached hydrogens (tertiary/aromatic N) is 1. The molecule has 0 atom stereocenters. The lowest BCUT2D eigenvalue weighted by atomic mass is 10.2. The van der Waals surface area contributed by atoms with Crippen LogP contribution in [0, 0.1) is 5.82 Å². The average Bonchev–Trinajstić information content (AvgIpc) is 2.78. The van der Waals surface area contributed by atoms with E-state index in [1.165, 1.54) is 44.7 Å². The molecule has 0 fully saturated rings. The number of rotatable bonds is 10. The van der Waals surface area contributed by atoms with Gasteiger partial charge in [0.2, 0.25) is 11.8 Å². The molecule has 0 heterocycles. The van der Waals surface area contributed by atoms with Crippen LogP contribution in [0.4, 0.5) is 10.1 Å². The highest BCUT2D eigenvalue weighted by Crippen LogP contribution is 2.36. The molecular weight excluding hydrogens is 489 g/mol. The molecule has 0 saturated carbocycles. The van der Waals surface area contributed by atoms with Crippen molar-refractivity contribution in [1.29, 1.82) is 0 Å². The van der Waals surface area contributed by atoms with E-state index in [1.54, 1.807) is 12.1 Å². The second-order valence-electron chi connectivity index (χ2n) is 6.25. The Labute approximate surface area is 192 Å². The monoisotopic (exact) mass is 509 g/mol. The third-order valence-electron chi connectivity index (χ3n) is 3.92. The first-order valence-electron chi connectivity index (χ1n) is 9.27. The summed E-state index contributed by atoms with van der Waals surface area (Å²) < 4.78 is 28.6. The topological polar surface area (TPSA) is 115 Å². The summed E-state index contributed by atoms with van der Waals surface area (Å²) in [5.41, 5.74) is 3.35. The molecular formula is C21H21BrFN3O6. The summed E-state index contributed by atoms with van der Waals surface area (Å²) in [5.74, 6) is -1.14. The van der Waals surface area contributed by atoms with Crippen molar-refractivity contribution in [3.63, 3.8) is 0 Å². The van der Waals surface area contributed by atoms with Gasteiger partial charge in [0.1, 0.15) is 5.82 Å². The Morgan fingerprint density at radius 2 is 1.78 bits per heavy atom. The number of benzene rings is 2. The number of hydrazone groups is 1. The standard InChI is InChI=1S/C21H21BrFN3O6/c1-30-17-10-13(9-16(22)21(17)32-12-20(29)31-2)11-24-26-19(28)8-7-18(27)25-15-5-3-14(23)4-6-15/h3-6,9-11H,7-8,12H2,1-2H3,(H,25,27)(H,26,28). The fourth-order valence-corrected chi connectivity index (χ4v) is 2.94. The zero-order valence-electron chi connectivity index (χ0n) is 17.3. The van der Waals surface area contributed by atoms with Crippen molar-refractivity contribution >= 4 is 45.6 Å². The molecule has 0 saturated heterocycles. The Morgan fingerprint density at radius 1 is 1.09 bits per heavy atom. The van der Waals surface area contributed by atoms with Gasteiger partial charge in [-0.2, -0.15) is 5.10 Å². The zero-order valence-corrected chi connectivity index (χ0v) is 18.9. The highest BCUT2D eigenvalue weighted by atomic mass is 79.9. The minimum Gasteiger partial charge on any atom is -0.493 e. The number of carbonyl (C=O) groups is 3. The lowest BCUT2D eigenvalue weighted by Gasteiger charge is -2.12. The Morgan fingerprint density at radius 3 is 2.44 bits per heavy atom. The predicted octanol–water partition coefficient (Wildman–Crippen LogP) is 3.02. The van der Waals surface area contributed by atoms with Crippen LogP contribution >= 0.6 is 15.9 Å². The highest BCUT2D eigenvalue weighted by Gasteiger charge is 2.13. The minimum absolute atomic E-state index is 0.0651. The second kappa shape index (κ2) is 12.4. The molecule has 0 aliphatic carbocycles. The molecule has 2 aromatic carbocycles. The van der Waals surface area contributed by atoms with Gasteiger partial charge >= 0.3 is 5.97 Å². The molecule has 32 heavy (non-hydrogen) atoms. The van der Waals surface area contributed by atoms with E-state index >= 15 is 0 Å². The van der Waals surface area contributed by atoms with Crippen molar-refractivity contribution in [1.82, 2.24) is 5.43 Å². The van der Waals surface area contributed by atoms with Crippen molar-refractivity contribution in [2.75, 3.05) is 26.1 Å². The summed E-state index contributed by atoms with van der Waals surface area (Å²) in [4.78, 5) is 35.0. The van der Waals surface area contributed by atoms with Crippen LogP contribution in [-0.2, 0) is 19.1 Å². The normalized spacial score (nSPS) is 10.5. The quantitative estimate of drug-likeness (QED) is 0.289. The summed E-state index contributed by atoms with van der Waals surface area (Å²) in [7, 11) is 2.69. The number of halogens is 2. The number of hydrogen-bond donors (Lipinski definition) is 2. The van der Waals surface area contributed by atoms with Crippen molar-refractivity contribution in [3.05, 3.63) is 52.3 Å². The predicted molar refractivity (Wildman–Crippen MR) is 118 cm³/mol. The lowest BCUT2D eigenvalue weighted by Crippen LogP contribution is -2.20. The number of esters is 1. The number of methoxy groups -OCH3 is 2. The van der Waals surface area contributed by atoms with E-state index in [1.807, 2.05) is 0 Å². The van der Waals surface area contributed by atoms with Gasteiger partial charge < -0.3 is 19.5 Å². The first kappa shape index (κ1) is 24.8. The first-order valence-corrected chi connectivity index (χ1v) is 10.1. The van der Waals surface area contributed by atoms with Gasteiger partial charge in [0.15, 0.2) is 18.1 Å². The van der Waals surface area contributed by atoms with E-state index < -0.39 is 17.7 Å². The van der Waals surface area contributed by atoms with Crippen molar-refractivity contribution < 1.29 is 33.0 Å². The van der Waals surface area contributed by atoms with Crippen molar-refractivity contribution in [3.8, 4) is 11.5 Å². The molecule has 11 heteroatoms. The van der Waals surface area contributed by atoms with E-state index in [2.05, 4.69) is 36.5 Å². The van der Waals surface area contributed by atoms with Crippen LogP contribution in [0.15, 0.2) is 46.0 Å². The second-order valence-corrected chi connectivity index (χ2v) is 7.10. The van der Waals surface area contributed by atoms with Crippen LogP contribution in [0.5, 0.6) is 11.5 Å². The van der Waals surface area contributed by atoms with E-state index in [-0.39, 0.29) is 25.4 Å². The van der Waals surface area contributed by atoms with Gasteiger partial charge in [0.05, 0.1) is 24.9 Å². The van der Waals surface area contributed by atoms with Gasteiger partial charge in [-0.15, -0.1) is 0 Å². The van der Waals surface area contributed by atoms with Gasteiger partial charge in [0.25, 0.3) is 0 Å². The fourth-order valence-electron chi connectivity index (χ4n) is 2.36. The van der Waals surface area contributed by atoms with Crippen molar-refractivity contribution in [2.45, 2.75) is 12.8 Å². The van der Waals surface area contributed by atoms with Crippen LogP contribution in [0.1, 0.15) is 18.4 Å². The number of nitrogens with one attached hydrogen (secondary N) is 2. The fraction of sp³-hybridized carbons (Fsp3) is 0.238. The Bertz CT molecular complexity index is 998. The van der Waals surface area contributed by atoms with Crippen LogP contribution < -0.4 is 20.2 Å². The SMILES string of the molecule is COC(=O)COc1c(Br)cc(C=NNC(=O)CCC(=O)Nc2ccc(F)cc2)cc1OC. The Kier molecular flexibility index (Phi) is 9.61. The van der Waals surface area contributed by atoms with E-state index in [4.69, 9.17) is 9.47 Å². The molecule has 0 spiro atoms. The molecule has 2 aromatic rings. The third kappa shape index (κ3) is 7.99. The van der Waals surface area contributed by atoms with Gasteiger partial charge in [-0.05, 0) is 57.9 Å². The largest absolute Gasteiger partial charge is 0.493 e. The smallest absolute Gasteiger partial charge is 0.343 e. The molecule has 0 aromatic heterocycles. The number of ether oxygens (including phenoxy) is 3. The van der Waals surface area contributed by atoms with Gasteiger partial charge in [-0.3, -0.25) is 9.59 Å². The number of carbonyl (C=O) groups excluding carboxylic acids is 3. The summed E-state index contributed by atoms with van der Waals surface area (Å²) in [6.45, 7) is -0.288. The first-order chi connectivity index (χ1) is 15.3. The molecule has 0 aliphatic heterocycles. The third-order valence-corrected chi connectivity index (χ3v) is 4.51. The average molecular weight is 510 g/mol. The summed E-state index contributed by atoms with van der Waals surface area (Å²) in [6, 6.07) is 8.56. The van der Waals surface area contributed by atoms with Crippen LogP contribution in [0.25, 0.3) is 0 Å². The molecule has 170 valence electrons. The van der Waals surface area contributed by atoms with Gasteiger partial charge in [-0.25, -0.2) is 14.6 Å². The maximum Gasteiger partial charge on any atom is 0.343 e. The zero-order chi connectivity index (χ0) is 23.5. The lowest BCUT2D eigenvalue weighted by molar-refractivity contribution is -0.143. The Hall–Kier alpha value is -3.47. The summed E-state index contributed by atoms with van der Waals surface area (Å²) in [5, 5.41) is 6.43. The molecule has 0 radical (unpaired) electrons. The Balaban J connectivity index is 1.86. The maximum atomic E-state index is 12.9. The summed E-state index contributed by atoms with van der Waals surface area (Å²) in [6.07, 6.45) is 1.23. The molecule has 9 nitrogen and oxygen atoms in total. The van der Waals surface area contributed by atoms with Gasteiger partial charge in [0, 0.05) is 18.5 Å². The van der Waals surface area contributed by atoms with Crippen molar-refractivity contribution in [2.24, 2.45) is 5.10 Å².